The first-order valence-corrected chi connectivity index (χ1v) is 3.28. The van der Waals surface area contributed by atoms with Gasteiger partial charge in [-0.15, -0.1) is 5.10 Å². The van der Waals surface area contributed by atoms with E-state index in [-0.39, 0.29) is 0 Å². The SMILES string of the molecule is Cc1nnc2n(O)cccc1-2. The molecule has 0 saturated carbocycles. The molecule has 0 spiro atoms. The Morgan fingerprint density at radius 1 is 1.45 bits per heavy atom. The molecule has 2 aliphatic heterocycles. The van der Waals surface area contributed by atoms with Crippen LogP contribution in [0.5, 0.6) is 0 Å². The van der Waals surface area contributed by atoms with Gasteiger partial charge in [0, 0.05) is 11.8 Å². The highest BCUT2D eigenvalue weighted by molar-refractivity contribution is 5.58. The number of rotatable bonds is 0. The summed E-state index contributed by atoms with van der Waals surface area (Å²) >= 11 is 0. The van der Waals surface area contributed by atoms with E-state index in [1.54, 1.807) is 6.07 Å². The lowest BCUT2D eigenvalue weighted by atomic mass is 10.2. The highest BCUT2D eigenvalue weighted by Gasteiger charge is 2.11. The first-order chi connectivity index (χ1) is 5.29. The summed E-state index contributed by atoms with van der Waals surface area (Å²) in [6.45, 7) is 1.86. The normalized spacial score (nSPS) is 10.6. The molecule has 0 aromatic heterocycles. The Labute approximate surface area is 63.4 Å². The van der Waals surface area contributed by atoms with E-state index in [2.05, 4.69) is 10.2 Å². The smallest absolute Gasteiger partial charge is 0.198 e. The minimum Gasteiger partial charge on any atom is -0.427 e. The van der Waals surface area contributed by atoms with Crippen molar-refractivity contribution in [2.45, 2.75) is 6.92 Å². The van der Waals surface area contributed by atoms with Crippen molar-refractivity contribution in [2.75, 3.05) is 0 Å². The standard InChI is InChI=1S/C7H7N3O/c1-5-6-3-2-4-10(11)7(6)9-8-5/h2-4,11H,1H3. The van der Waals surface area contributed by atoms with E-state index in [1.165, 1.54) is 6.20 Å². The van der Waals surface area contributed by atoms with Gasteiger partial charge < -0.3 is 5.21 Å². The number of fused-ring (bicyclic) bond motifs is 1. The summed E-state index contributed by atoms with van der Waals surface area (Å²) in [5.74, 6) is 0.505. The number of aromatic nitrogens is 3. The summed E-state index contributed by atoms with van der Waals surface area (Å²) in [5.41, 5.74) is 1.72. The van der Waals surface area contributed by atoms with Crippen LogP contribution in [0.1, 0.15) is 5.69 Å². The third-order valence-electron chi connectivity index (χ3n) is 1.63. The molecular weight excluding hydrogens is 142 g/mol. The van der Waals surface area contributed by atoms with Crippen LogP contribution in [0.4, 0.5) is 0 Å². The summed E-state index contributed by atoms with van der Waals surface area (Å²) in [6.07, 6.45) is 1.52. The summed E-state index contributed by atoms with van der Waals surface area (Å²) in [7, 11) is 0. The largest absolute Gasteiger partial charge is 0.427 e. The average molecular weight is 149 g/mol. The van der Waals surface area contributed by atoms with E-state index in [0.29, 0.717) is 5.82 Å². The molecule has 56 valence electrons. The molecule has 4 nitrogen and oxygen atoms in total. The number of hydrogen-bond donors (Lipinski definition) is 1. The van der Waals surface area contributed by atoms with Crippen molar-refractivity contribution in [3.63, 3.8) is 0 Å². The molecule has 1 N–H and O–H groups in total. The molecule has 2 rings (SSSR count). The van der Waals surface area contributed by atoms with Crippen molar-refractivity contribution in [1.82, 2.24) is 14.9 Å². The number of nitrogens with zero attached hydrogens (tertiary/aromatic N) is 3. The van der Waals surface area contributed by atoms with Gasteiger partial charge in [0.05, 0.1) is 5.69 Å². The van der Waals surface area contributed by atoms with Crippen LogP contribution in [0.25, 0.3) is 11.4 Å². The molecule has 11 heavy (non-hydrogen) atoms. The van der Waals surface area contributed by atoms with Gasteiger partial charge in [-0.25, -0.2) is 0 Å². The fraction of sp³-hybridized carbons (Fsp3) is 0.143. The van der Waals surface area contributed by atoms with Gasteiger partial charge in [-0.05, 0) is 19.1 Å². The molecule has 0 fully saturated rings. The van der Waals surface area contributed by atoms with Crippen molar-refractivity contribution in [3.8, 4) is 11.4 Å². The molecule has 0 bridgehead atoms. The zero-order chi connectivity index (χ0) is 7.84. The van der Waals surface area contributed by atoms with E-state index in [1.807, 2.05) is 13.0 Å². The van der Waals surface area contributed by atoms with E-state index >= 15 is 0 Å². The van der Waals surface area contributed by atoms with Crippen molar-refractivity contribution < 1.29 is 5.21 Å². The molecule has 0 aromatic rings. The van der Waals surface area contributed by atoms with Gasteiger partial charge in [-0.2, -0.15) is 9.83 Å². The van der Waals surface area contributed by atoms with Crippen molar-refractivity contribution in [3.05, 3.63) is 24.0 Å². The Balaban J connectivity index is 2.79. The Morgan fingerprint density at radius 3 is 3.00 bits per heavy atom. The Morgan fingerprint density at radius 2 is 2.27 bits per heavy atom. The topological polar surface area (TPSA) is 50.9 Å². The zero-order valence-electron chi connectivity index (χ0n) is 6.02. The molecule has 0 saturated heterocycles. The molecule has 0 unspecified atom stereocenters. The number of aryl methyl sites for hydroxylation is 1. The van der Waals surface area contributed by atoms with Crippen molar-refractivity contribution in [2.24, 2.45) is 0 Å². The molecule has 0 radical (unpaired) electrons. The summed E-state index contributed by atoms with van der Waals surface area (Å²) in [5, 5.41) is 16.8. The van der Waals surface area contributed by atoms with Gasteiger partial charge in [0.1, 0.15) is 0 Å². The highest BCUT2D eigenvalue weighted by Crippen LogP contribution is 2.19. The Kier molecular flexibility index (Phi) is 1.09. The maximum absolute atomic E-state index is 9.20. The van der Waals surface area contributed by atoms with Crippen molar-refractivity contribution in [1.29, 1.82) is 0 Å². The van der Waals surface area contributed by atoms with Gasteiger partial charge in [0.15, 0.2) is 5.82 Å². The molecule has 0 amide bonds. The summed E-state index contributed by atoms with van der Waals surface area (Å²) < 4.78 is 0.968. The van der Waals surface area contributed by atoms with Gasteiger partial charge in [0.2, 0.25) is 0 Å². The van der Waals surface area contributed by atoms with Crippen LogP contribution in [-0.4, -0.2) is 20.1 Å². The third-order valence-corrected chi connectivity index (χ3v) is 1.63. The van der Waals surface area contributed by atoms with Crippen LogP contribution < -0.4 is 0 Å². The van der Waals surface area contributed by atoms with E-state index in [4.69, 9.17) is 0 Å². The van der Waals surface area contributed by atoms with Crippen molar-refractivity contribution >= 4 is 0 Å². The lowest BCUT2D eigenvalue weighted by Crippen LogP contribution is -1.96. The van der Waals surface area contributed by atoms with E-state index in [0.717, 1.165) is 16.0 Å². The van der Waals surface area contributed by atoms with Gasteiger partial charge in [-0.1, -0.05) is 0 Å². The van der Waals surface area contributed by atoms with Crippen LogP contribution in [0.2, 0.25) is 0 Å². The monoisotopic (exact) mass is 149 g/mol. The predicted molar refractivity (Wildman–Crippen MR) is 38.6 cm³/mol. The first kappa shape index (κ1) is 6.15. The molecule has 0 aliphatic carbocycles. The van der Waals surface area contributed by atoms with Crippen LogP contribution in [0, 0.1) is 6.92 Å². The fourth-order valence-corrected chi connectivity index (χ4v) is 1.05. The minimum absolute atomic E-state index is 0.505. The quantitative estimate of drug-likeness (QED) is 0.567. The number of hydrogen-bond acceptors (Lipinski definition) is 3. The Bertz CT molecular complexity index is 355. The van der Waals surface area contributed by atoms with Crippen LogP contribution >= 0.6 is 0 Å². The predicted octanol–water partition coefficient (Wildman–Crippen LogP) is 0.929. The highest BCUT2D eigenvalue weighted by atomic mass is 16.5. The van der Waals surface area contributed by atoms with E-state index < -0.39 is 0 Å². The minimum atomic E-state index is 0.505. The summed E-state index contributed by atoms with van der Waals surface area (Å²) in [4.78, 5) is 0. The van der Waals surface area contributed by atoms with Gasteiger partial charge in [0.25, 0.3) is 0 Å². The van der Waals surface area contributed by atoms with Gasteiger partial charge in [-0.3, -0.25) is 0 Å². The maximum Gasteiger partial charge on any atom is 0.198 e. The maximum atomic E-state index is 9.20. The summed E-state index contributed by atoms with van der Waals surface area (Å²) in [6, 6.07) is 3.62. The second-order valence-electron chi connectivity index (χ2n) is 2.38. The first-order valence-electron chi connectivity index (χ1n) is 3.28. The third kappa shape index (κ3) is 0.756. The molecule has 2 heterocycles. The van der Waals surface area contributed by atoms with Gasteiger partial charge >= 0.3 is 0 Å². The average Bonchev–Trinajstić information content (AvgIpc) is 2.35. The second-order valence-corrected chi connectivity index (χ2v) is 2.38. The lowest BCUT2D eigenvalue weighted by Gasteiger charge is -2.00. The Hall–Kier alpha value is -1.58. The molecule has 0 atom stereocenters. The van der Waals surface area contributed by atoms with Crippen LogP contribution in [0.15, 0.2) is 18.3 Å². The molecule has 2 aliphatic rings. The number of pyridine rings is 1. The molecule has 4 heteroatoms. The lowest BCUT2D eigenvalue weighted by molar-refractivity contribution is 0.186. The van der Waals surface area contributed by atoms with Crippen LogP contribution in [0.3, 0.4) is 0 Å². The van der Waals surface area contributed by atoms with Crippen LogP contribution in [-0.2, 0) is 0 Å². The molecular formula is C7H7N3O. The fourth-order valence-electron chi connectivity index (χ4n) is 1.05. The zero-order valence-corrected chi connectivity index (χ0v) is 6.02. The molecule has 0 aromatic carbocycles. The van der Waals surface area contributed by atoms with E-state index in [9.17, 15) is 5.21 Å². The second kappa shape index (κ2) is 1.95.